The predicted octanol–water partition coefficient (Wildman–Crippen LogP) is 1.66. The molecule has 0 aliphatic rings. The van der Waals surface area contributed by atoms with E-state index in [0.717, 1.165) is 11.1 Å². The van der Waals surface area contributed by atoms with Gasteiger partial charge in [0.1, 0.15) is 0 Å². The van der Waals surface area contributed by atoms with E-state index in [4.69, 9.17) is 0 Å². The maximum Gasteiger partial charge on any atom is 0.240 e. The fourth-order valence-electron chi connectivity index (χ4n) is 1.49. The normalized spacial score (nSPS) is 11.4. The fourth-order valence-corrected chi connectivity index (χ4v) is 2.22. The minimum Gasteiger partial charge on any atom is -0.265 e. The summed E-state index contributed by atoms with van der Waals surface area (Å²) in [7, 11) is -1.96. The molecule has 0 saturated carbocycles. The van der Waals surface area contributed by atoms with E-state index >= 15 is 0 Å². The summed E-state index contributed by atoms with van der Waals surface area (Å²) >= 11 is 0. The lowest BCUT2D eigenvalue weighted by molar-refractivity contribution is 0.588. The Balaban J connectivity index is 2.38. The van der Waals surface area contributed by atoms with Gasteiger partial charge in [-0.3, -0.25) is 4.98 Å². The second kappa shape index (κ2) is 4.65. The number of hydrogen-bond acceptors (Lipinski definition) is 3. The van der Waals surface area contributed by atoms with E-state index in [1.54, 1.807) is 36.7 Å². The first-order valence-corrected chi connectivity index (χ1v) is 6.56. The largest absolute Gasteiger partial charge is 0.265 e. The van der Waals surface area contributed by atoms with Crippen LogP contribution < -0.4 is 4.72 Å². The average Bonchev–Trinajstić information content (AvgIpc) is 2.40. The Labute approximate surface area is 100 Å². The van der Waals surface area contributed by atoms with Crippen molar-refractivity contribution >= 4 is 10.0 Å². The van der Waals surface area contributed by atoms with Crippen LogP contribution in [0.25, 0.3) is 11.1 Å². The van der Waals surface area contributed by atoms with Gasteiger partial charge < -0.3 is 0 Å². The van der Waals surface area contributed by atoms with Gasteiger partial charge in [-0.15, -0.1) is 0 Å². The quantitative estimate of drug-likeness (QED) is 0.898. The number of rotatable bonds is 3. The molecule has 88 valence electrons. The Morgan fingerprint density at radius 1 is 0.941 bits per heavy atom. The smallest absolute Gasteiger partial charge is 0.240 e. The molecule has 1 aromatic carbocycles. The molecule has 1 heterocycles. The summed E-state index contributed by atoms with van der Waals surface area (Å²) in [5, 5.41) is 0. The molecule has 0 spiro atoms. The molecule has 0 bridgehead atoms. The summed E-state index contributed by atoms with van der Waals surface area (Å²) in [5.41, 5.74) is 1.97. The van der Waals surface area contributed by atoms with E-state index < -0.39 is 10.0 Å². The van der Waals surface area contributed by atoms with Crippen LogP contribution in [0.3, 0.4) is 0 Å². The summed E-state index contributed by atoms with van der Waals surface area (Å²) in [4.78, 5) is 4.20. The van der Waals surface area contributed by atoms with Gasteiger partial charge in [-0.25, -0.2) is 13.1 Å². The van der Waals surface area contributed by atoms with Gasteiger partial charge in [0.05, 0.1) is 4.90 Å². The molecule has 1 N–H and O–H groups in total. The first-order valence-electron chi connectivity index (χ1n) is 5.07. The summed E-state index contributed by atoms with van der Waals surface area (Å²) in [5.74, 6) is 0. The van der Waals surface area contributed by atoms with E-state index in [9.17, 15) is 8.42 Å². The number of aromatic nitrogens is 1. The second-order valence-corrected chi connectivity index (χ2v) is 5.35. The van der Waals surface area contributed by atoms with Crippen molar-refractivity contribution in [3.05, 3.63) is 48.8 Å². The third-order valence-electron chi connectivity index (χ3n) is 2.45. The van der Waals surface area contributed by atoms with Gasteiger partial charge in [-0.2, -0.15) is 0 Å². The van der Waals surface area contributed by atoms with Gasteiger partial charge in [0, 0.05) is 12.4 Å². The maximum absolute atomic E-state index is 11.5. The molecular weight excluding hydrogens is 236 g/mol. The van der Waals surface area contributed by atoms with E-state index in [2.05, 4.69) is 9.71 Å². The highest BCUT2D eigenvalue weighted by atomic mass is 32.2. The summed E-state index contributed by atoms with van der Waals surface area (Å²) < 4.78 is 25.3. The standard InChI is InChI=1S/C12H12N2O2S/c1-13-17(15,16)12-4-2-10(3-5-12)11-6-8-14-9-7-11/h2-9,13H,1H3. The minimum absolute atomic E-state index is 0.262. The molecule has 0 atom stereocenters. The fraction of sp³-hybridized carbons (Fsp3) is 0.0833. The van der Waals surface area contributed by atoms with Crippen molar-refractivity contribution in [2.24, 2.45) is 0 Å². The van der Waals surface area contributed by atoms with Gasteiger partial charge in [-0.05, 0) is 42.4 Å². The zero-order chi connectivity index (χ0) is 12.3. The third-order valence-corrected chi connectivity index (χ3v) is 3.88. The molecule has 4 nitrogen and oxygen atoms in total. The Kier molecular flexibility index (Phi) is 3.21. The van der Waals surface area contributed by atoms with Crippen molar-refractivity contribution in [3.8, 4) is 11.1 Å². The Morgan fingerprint density at radius 3 is 2.00 bits per heavy atom. The van der Waals surface area contributed by atoms with Crippen molar-refractivity contribution in [1.82, 2.24) is 9.71 Å². The van der Waals surface area contributed by atoms with Gasteiger partial charge in [0.2, 0.25) is 10.0 Å². The summed E-state index contributed by atoms with van der Waals surface area (Å²) in [6.45, 7) is 0. The lowest BCUT2D eigenvalue weighted by Crippen LogP contribution is -2.18. The van der Waals surface area contributed by atoms with E-state index in [0.29, 0.717) is 0 Å². The molecule has 0 fully saturated rings. The molecule has 1 aromatic heterocycles. The highest BCUT2D eigenvalue weighted by molar-refractivity contribution is 7.89. The first-order chi connectivity index (χ1) is 8.13. The molecule has 0 radical (unpaired) electrons. The van der Waals surface area contributed by atoms with Crippen molar-refractivity contribution in [3.63, 3.8) is 0 Å². The van der Waals surface area contributed by atoms with E-state index in [1.165, 1.54) is 7.05 Å². The van der Waals surface area contributed by atoms with Crippen LogP contribution in [0.4, 0.5) is 0 Å². The SMILES string of the molecule is CNS(=O)(=O)c1ccc(-c2ccncc2)cc1. The van der Waals surface area contributed by atoms with E-state index in [-0.39, 0.29) is 4.90 Å². The predicted molar refractivity (Wildman–Crippen MR) is 65.9 cm³/mol. The number of sulfonamides is 1. The molecule has 0 unspecified atom stereocenters. The van der Waals surface area contributed by atoms with Gasteiger partial charge in [-0.1, -0.05) is 12.1 Å². The Morgan fingerprint density at radius 2 is 1.47 bits per heavy atom. The van der Waals surface area contributed by atoms with Crippen LogP contribution in [0, 0.1) is 0 Å². The molecule has 0 amide bonds. The highest BCUT2D eigenvalue weighted by Crippen LogP contribution is 2.20. The summed E-state index contributed by atoms with van der Waals surface area (Å²) in [6, 6.07) is 10.5. The van der Waals surface area contributed by atoms with Crippen LogP contribution in [0.2, 0.25) is 0 Å². The molecular formula is C12H12N2O2S. The molecule has 0 aliphatic heterocycles. The molecule has 2 rings (SSSR count). The van der Waals surface area contributed by atoms with E-state index in [1.807, 2.05) is 12.1 Å². The average molecular weight is 248 g/mol. The maximum atomic E-state index is 11.5. The Bertz CT molecular complexity index is 592. The van der Waals surface area contributed by atoms with Crippen molar-refractivity contribution in [2.75, 3.05) is 7.05 Å². The first kappa shape index (κ1) is 11.8. The van der Waals surface area contributed by atoms with Crippen LogP contribution in [-0.4, -0.2) is 20.4 Å². The minimum atomic E-state index is -3.36. The number of nitrogens with zero attached hydrogens (tertiary/aromatic N) is 1. The highest BCUT2D eigenvalue weighted by Gasteiger charge is 2.10. The van der Waals surface area contributed by atoms with Gasteiger partial charge >= 0.3 is 0 Å². The topological polar surface area (TPSA) is 59.1 Å². The summed E-state index contributed by atoms with van der Waals surface area (Å²) in [6.07, 6.45) is 3.40. The number of hydrogen-bond donors (Lipinski definition) is 1. The zero-order valence-electron chi connectivity index (χ0n) is 9.29. The molecule has 2 aromatic rings. The Hall–Kier alpha value is -1.72. The van der Waals surface area contributed by atoms with Crippen molar-refractivity contribution in [1.29, 1.82) is 0 Å². The molecule has 0 saturated heterocycles. The second-order valence-electron chi connectivity index (χ2n) is 3.47. The third kappa shape index (κ3) is 2.51. The van der Waals surface area contributed by atoms with Crippen molar-refractivity contribution in [2.45, 2.75) is 4.90 Å². The molecule has 5 heteroatoms. The monoisotopic (exact) mass is 248 g/mol. The van der Waals surface area contributed by atoms with Crippen LogP contribution in [0.1, 0.15) is 0 Å². The van der Waals surface area contributed by atoms with Crippen LogP contribution in [0.5, 0.6) is 0 Å². The van der Waals surface area contributed by atoms with Crippen LogP contribution in [0.15, 0.2) is 53.7 Å². The lowest BCUT2D eigenvalue weighted by Gasteiger charge is -2.04. The van der Waals surface area contributed by atoms with Crippen LogP contribution in [-0.2, 0) is 10.0 Å². The van der Waals surface area contributed by atoms with Crippen LogP contribution >= 0.6 is 0 Å². The molecule has 0 aliphatic carbocycles. The van der Waals surface area contributed by atoms with Gasteiger partial charge in [0.15, 0.2) is 0 Å². The van der Waals surface area contributed by atoms with Gasteiger partial charge in [0.25, 0.3) is 0 Å². The van der Waals surface area contributed by atoms with Crippen molar-refractivity contribution < 1.29 is 8.42 Å². The number of pyridine rings is 1. The zero-order valence-corrected chi connectivity index (χ0v) is 10.1. The number of nitrogens with one attached hydrogen (secondary N) is 1. The lowest BCUT2D eigenvalue weighted by atomic mass is 10.1. The molecule has 17 heavy (non-hydrogen) atoms. The number of benzene rings is 1.